The van der Waals surface area contributed by atoms with E-state index in [1.807, 2.05) is 13.0 Å². The first kappa shape index (κ1) is 9.44. The van der Waals surface area contributed by atoms with E-state index in [1.54, 1.807) is 6.08 Å². The summed E-state index contributed by atoms with van der Waals surface area (Å²) < 4.78 is 0. The van der Waals surface area contributed by atoms with Crippen LogP contribution in [0.2, 0.25) is 0 Å². The molecule has 0 aliphatic rings. The van der Waals surface area contributed by atoms with Crippen LogP contribution in [0.5, 0.6) is 0 Å². The first-order valence-corrected chi connectivity index (χ1v) is 3.78. The number of unbranched alkanes of at least 4 members (excludes halogenated alkanes) is 2. The molecule has 0 aliphatic carbocycles. The second-order valence-electron chi connectivity index (χ2n) is 2.15. The van der Waals surface area contributed by atoms with Crippen LogP contribution in [-0.2, 0) is 0 Å². The molecule has 0 saturated carbocycles. The summed E-state index contributed by atoms with van der Waals surface area (Å²) in [6.07, 6.45) is 11.4. The number of aliphatic hydroxyl groups is 1. The summed E-state index contributed by atoms with van der Waals surface area (Å²) in [6, 6.07) is 0. The zero-order valence-corrected chi connectivity index (χ0v) is 6.59. The fraction of sp³-hybridized carbons (Fsp3) is 0.556. The van der Waals surface area contributed by atoms with Crippen LogP contribution in [-0.4, -0.2) is 11.7 Å². The van der Waals surface area contributed by atoms with Gasteiger partial charge in [0.05, 0.1) is 6.61 Å². The highest BCUT2D eigenvalue weighted by atomic mass is 16.2. The second kappa shape index (κ2) is 8.44. The topological polar surface area (TPSA) is 20.2 Å². The number of aliphatic hydroxyl groups excluding tert-OH is 1. The van der Waals surface area contributed by atoms with Crippen LogP contribution >= 0.6 is 0 Å². The van der Waals surface area contributed by atoms with Crippen molar-refractivity contribution in [1.29, 1.82) is 0 Å². The van der Waals surface area contributed by atoms with Gasteiger partial charge < -0.3 is 5.11 Å². The summed E-state index contributed by atoms with van der Waals surface area (Å²) in [4.78, 5) is 0. The Hall–Kier alpha value is -0.560. The van der Waals surface area contributed by atoms with E-state index < -0.39 is 0 Å². The summed E-state index contributed by atoms with van der Waals surface area (Å²) >= 11 is 0. The monoisotopic (exact) mass is 140 g/mol. The van der Waals surface area contributed by atoms with Gasteiger partial charge in [0.25, 0.3) is 0 Å². The van der Waals surface area contributed by atoms with Crippen molar-refractivity contribution in [3.63, 3.8) is 0 Å². The predicted octanol–water partition coefficient (Wildman–Crippen LogP) is 2.28. The Balaban J connectivity index is 2.97. The minimum Gasteiger partial charge on any atom is -0.392 e. The first-order valence-electron chi connectivity index (χ1n) is 3.78. The Morgan fingerprint density at radius 1 is 1.10 bits per heavy atom. The lowest BCUT2D eigenvalue weighted by Gasteiger charge is -1.87. The summed E-state index contributed by atoms with van der Waals surface area (Å²) in [6.45, 7) is 2.20. The van der Waals surface area contributed by atoms with Crippen molar-refractivity contribution >= 4 is 0 Å². The number of hydrogen-bond acceptors (Lipinski definition) is 1. The van der Waals surface area contributed by atoms with E-state index in [4.69, 9.17) is 5.11 Å². The van der Waals surface area contributed by atoms with Gasteiger partial charge in [-0.25, -0.2) is 0 Å². The molecule has 0 radical (unpaired) electrons. The van der Waals surface area contributed by atoms with Crippen molar-refractivity contribution in [3.8, 4) is 0 Å². The zero-order chi connectivity index (χ0) is 7.66. The zero-order valence-electron chi connectivity index (χ0n) is 6.59. The van der Waals surface area contributed by atoms with Gasteiger partial charge in [-0.3, -0.25) is 0 Å². The van der Waals surface area contributed by atoms with Gasteiger partial charge in [0.2, 0.25) is 0 Å². The molecular formula is C9H16O. The Labute approximate surface area is 63.1 Å². The van der Waals surface area contributed by atoms with Crippen LogP contribution in [0.3, 0.4) is 0 Å². The van der Waals surface area contributed by atoms with Crippen molar-refractivity contribution < 1.29 is 5.11 Å². The maximum absolute atomic E-state index is 8.37. The number of allylic oxidation sites excluding steroid dienone is 3. The normalized spacial score (nSPS) is 11.8. The molecule has 0 heterocycles. The van der Waals surface area contributed by atoms with E-state index in [9.17, 15) is 0 Å². The maximum atomic E-state index is 8.37. The van der Waals surface area contributed by atoms with Crippen LogP contribution in [0, 0.1) is 0 Å². The van der Waals surface area contributed by atoms with Crippen molar-refractivity contribution in [1.82, 2.24) is 0 Å². The van der Waals surface area contributed by atoms with Crippen molar-refractivity contribution in [2.24, 2.45) is 0 Å². The molecule has 0 aromatic carbocycles. The van der Waals surface area contributed by atoms with E-state index in [1.165, 1.54) is 6.42 Å². The fourth-order valence-electron chi connectivity index (χ4n) is 0.713. The highest BCUT2D eigenvalue weighted by Crippen LogP contribution is 1.96. The summed E-state index contributed by atoms with van der Waals surface area (Å²) in [5, 5.41) is 8.37. The van der Waals surface area contributed by atoms with E-state index >= 15 is 0 Å². The lowest BCUT2D eigenvalue weighted by molar-refractivity contribution is 0.342. The van der Waals surface area contributed by atoms with Crippen LogP contribution < -0.4 is 0 Å². The molecule has 58 valence electrons. The van der Waals surface area contributed by atoms with Gasteiger partial charge in [-0.15, -0.1) is 0 Å². The van der Waals surface area contributed by atoms with Gasteiger partial charge in [0.15, 0.2) is 0 Å². The average molecular weight is 140 g/mol. The summed E-state index contributed by atoms with van der Waals surface area (Å²) in [7, 11) is 0. The minimum atomic E-state index is 0.170. The minimum absolute atomic E-state index is 0.170. The highest BCUT2D eigenvalue weighted by molar-refractivity contribution is 4.83. The molecule has 0 saturated heterocycles. The van der Waals surface area contributed by atoms with Gasteiger partial charge in [-0.05, 0) is 26.2 Å². The number of rotatable bonds is 5. The molecule has 0 aromatic heterocycles. The van der Waals surface area contributed by atoms with Gasteiger partial charge in [-0.2, -0.15) is 0 Å². The van der Waals surface area contributed by atoms with Crippen LogP contribution in [0.1, 0.15) is 26.2 Å². The lowest BCUT2D eigenvalue weighted by atomic mass is 10.2. The van der Waals surface area contributed by atoms with Gasteiger partial charge >= 0.3 is 0 Å². The van der Waals surface area contributed by atoms with Crippen molar-refractivity contribution in [2.75, 3.05) is 6.61 Å². The Bertz CT molecular complexity index is 103. The molecule has 0 amide bonds. The molecule has 1 N–H and O–H groups in total. The largest absolute Gasteiger partial charge is 0.392 e. The number of hydrogen-bond donors (Lipinski definition) is 1. The second-order valence-corrected chi connectivity index (χ2v) is 2.15. The molecule has 1 nitrogen and oxygen atoms in total. The van der Waals surface area contributed by atoms with E-state index in [0.717, 1.165) is 12.8 Å². The third kappa shape index (κ3) is 7.44. The summed E-state index contributed by atoms with van der Waals surface area (Å²) in [5.74, 6) is 0. The van der Waals surface area contributed by atoms with Crippen LogP contribution in [0.25, 0.3) is 0 Å². The van der Waals surface area contributed by atoms with Crippen molar-refractivity contribution in [3.05, 3.63) is 24.3 Å². The van der Waals surface area contributed by atoms with E-state index in [0.29, 0.717) is 0 Å². The quantitative estimate of drug-likeness (QED) is 0.459. The molecule has 0 atom stereocenters. The summed E-state index contributed by atoms with van der Waals surface area (Å²) in [5.41, 5.74) is 0. The van der Waals surface area contributed by atoms with Crippen LogP contribution in [0.4, 0.5) is 0 Å². The molecular weight excluding hydrogens is 124 g/mol. The Kier molecular flexibility index (Phi) is 7.97. The van der Waals surface area contributed by atoms with E-state index in [-0.39, 0.29) is 6.61 Å². The lowest BCUT2D eigenvalue weighted by Crippen LogP contribution is -1.72. The van der Waals surface area contributed by atoms with Gasteiger partial charge in [0, 0.05) is 0 Å². The van der Waals surface area contributed by atoms with Crippen LogP contribution in [0.15, 0.2) is 24.3 Å². The predicted molar refractivity (Wildman–Crippen MR) is 44.9 cm³/mol. The highest BCUT2D eigenvalue weighted by Gasteiger charge is 1.78. The SMILES string of the molecule is CC=CCCCC=CCO. The molecule has 0 bridgehead atoms. The Morgan fingerprint density at radius 3 is 2.40 bits per heavy atom. The molecule has 10 heavy (non-hydrogen) atoms. The molecule has 0 spiro atoms. The smallest absolute Gasteiger partial charge is 0.0612 e. The molecule has 0 rings (SSSR count). The maximum Gasteiger partial charge on any atom is 0.0612 e. The van der Waals surface area contributed by atoms with E-state index in [2.05, 4.69) is 12.2 Å². The third-order valence-corrected chi connectivity index (χ3v) is 1.25. The third-order valence-electron chi connectivity index (χ3n) is 1.25. The molecule has 0 aliphatic heterocycles. The van der Waals surface area contributed by atoms with Gasteiger partial charge in [-0.1, -0.05) is 24.3 Å². The van der Waals surface area contributed by atoms with Crippen molar-refractivity contribution in [2.45, 2.75) is 26.2 Å². The first-order chi connectivity index (χ1) is 4.91. The fourth-order valence-corrected chi connectivity index (χ4v) is 0.713. The standard InChI is InChI=1S/C9H16O/c1-2-3-4-5-6-7-8-9-10/h2-3,7-8,10H,4-6,9H2,1H3. The van der Waals surface area contributed by atoms with Gasteiger partial charge in [0.1, 0.15) is 0 Å². The molecule has 0 unspecified atom stereocenters. The molecule has 0 fully saturated rings. The Morgan fingerprint density at radius 2 is 1.80 bits per heavy atom. The molecule has 1 heteroatoms. The average Bonchev–Trinajstić information content (AvgIpc) is 1.97. The molecule has 0 aromatic rings.